The summed E-state index contributed by atoms with van der Waals surface area (Å²) in [6, 6.07) is 7.91. The molecule has 2 aliphatic rings. The lowest BCUT2D eigenvalue weighted by Gasteiger charge is -2.21. The SMILES string of the molecule is O=C(O)C(F)(F)F.O=C(c1ccc2[nH]ccc2c1)N1CCCn2cnc(CN3CCCC3)c2C1. The quantitative estimate of drug-likeness (QED) is 0.601. The number of benzene rings is 1. The van der Waals surface area contributed by atoms with E-state index in [1.807, 2.05) is 41.7 Å². The minimum Gasteiger partial charge on any atom is -0.475 e. The summed E-state index contributed by atoms with van der Waals surface area (Å²) in [4.78, 5) is 34.4. The standard InChI is InChI=1S/C21H25N5O.C2HF3O2/c27-21(17-4-5-18-16(12-17)6-7-22-18)25-10-3-11-26-15-23-19(20(26)14-25)13-24-8-1-2-9-24;3-2(4,5)1(6)7/h4-7,12,15,22H,1-3,8-11,13-14H2;(H,6,7). The van der Waals surface area contributed by atoms with Crippen LogP contribution in [0.2, 0.25) is 0 Å². The van der Waals surface area contributed by atoms with Crippen molar-refractivity contribution in [3.05, 3.63) is 53.7 Å². The van der Waals surface area contributed by atoms with Gasteiger partial charge in [-0.2, -0.15) is 13.2 Å². The smallest absolute Gasteiger partial charge is 0.475 e. The molecule has 182 valence electrons. The van der Waals surface area contributed by atoms with Gasteiger partial charge >= 0.3 is 12.1 Å². The first kappa shape index (κ1) is 23.8. The van der Waals surface area contributed by atoms with E-state index in [1.54, 1.807) is 0 Å². The molecular formula is C23H26F3N5O3. The number of likely N-dealkylation sites (tertiary alicyclic amines) is 1. The highest BCUT2D eigenvalue weighted by atomic mass is 19.4. The number of nitrogens with one attached hydrogen (secondary N) is 1. The molecular weight excluding hydrogens is 451 g/mol. The maximum atomic E-state index is 13.2. The molecule has 2 N–H and O–H groups in total. The van der Waals surface area contributed by atoms with Crippen LogP contribution in [0.1, 0.15) is 41.0 Å². The van der Waals surface area contributed by atoms with Crippen LogP contribution in [-0.2, 0) is 24.4 Å². The largest absolute Gasteiger partial charge is 0.490 e. The number of hydrogen-bond donors (Lipinski definition) is 2. The number of carboxylic acids is 1. The second kappa shape index (κ2) is 9.88. The number of aryl methyl sites for hydroxylation is 1. The number of aromatic nitrogens is 3. The van der Waals surface area contributed by atoms with E-state index in [1.165, 1.54) is 18.5 Å². The van der Waals surface area contributed by atoms with E-state index in [2.05, 4.69) is 19.4 Å². The number of amides is 1. The van der Waals surface area contributed by atoms with Gasteiger partial charge in [0.15, 0.2) is 0 Å². The highest BCUT2D eigenvalue weighted by molar-refractivity contribution is 5.98. The summed E-state index contributed by atoms with van der Waals surface area (Å²) in [7, 11) is 0. The fourth-order valence-electron chi connectivity index (χ4n) is 4.34. The molecule has 1 fully saturated rings. The first-order valence-electron chi connectivity index (χ1n) is 11.1. The molecule has 2 aliphatic heterocycles. The zero-order chi connectivity index (χ0) is 24.3. The van der Waals surface area contributed by atoms with Gasteiger partial charge in [0.2, 0.25) is 0 Å². The summed E-state index contributed by atoms with van der Waals surface area (Å²) in [5.74, 6) is -2.65. The van der Waals surface area contributed by atoms with E-state index in [-0.39, 0.29) is 5.91 Å². The Labute approximate surface area is 194 Å². The van der Waals surface area contributed by atoms with Crippen molar-refractivity contribution in [2.45, 2.75) is 45.1 Å². The van der Waals surface area contributed by atoms with Crippen LogP contribution in [0.15, 0.2) is 36.8 Å². The van der Waals surface area contributed by atoms with Crippen LogP contribution in [0.25, 0.3) is 10.9 Å². The van der Waals surface area contributed by atoms with Crippen LogP contribution in [0.3, 0.4) is 0 Å². The molecule has 0 bridgehead atoms. The van der Waals surface area contributed by atoms with Gasteiger partial charge in [0.05, 0.1) is 24.3 Å². The van der Waals surface area contributed by atoms with Crippen molar-refractivity contribution in [1.29, 1.82) is 0 Å². The van der Waals surface area contributed by atoms with Crippen LogP contribution in [0, 0.1) is 0 Å². The molecule has 3 aromatic rings. The molecule has 1 saturated heterocycles. The fraction of sp³-hybridized carbons (Fsp3) is 0.435. The van der Waals surface area contributed by atoms with Crippen molar-refractivity contribution in [3.8, 4) is 0 Å². The zero-order valence-corrected chi connectivity index (χ0v) is 18.5. The fourth-order valence-corrected chi connectivity index (χ4v) is 4.34. The zero-order valence-electron chi connectivity index (χ0n) is 18.5. The van der Waals surface area contributed by atoms with Gasteiger partial charge in [0.25, 0.3) is 5.91 Å². The lowest BCUT2D eigenvalue weighted by Crippen LogP contribution is -2.31. The number of nitrogens with zero attached hydrogens (tertiary/aromatic N) is 4. The molecule has 0 spiro atoms. The molecule has 0 atom stereocenters. The van der Waals surface area contributed by atoms with Gasteiger partial charge in [-0.05, 0) is 56.6 Å². The average molecular weight is 477 g/mol. The summed E-state index contributed by atoms with van der Waals surface area (Å²) < 4.78 is 34.0. The second-order valence-electron chi connectivity index (χ2n) is 8.48. The molecule has 34 heavy (non-hydrogen) atoms. The number of hydrogen-bond acceptors (Lipinski definition) is 4. The summed E-state index contributed by atoms with van der Waals surface area (Å²) in [5, 5.41) is 8.20. The monoisotopic (exact) mass is 477 g/mol. The molecule has 1 amide bonds. The third kappa shape index (κ3) is 5.41. The van der Waals surface area contributed by atoms with Crippen LogP contribution >= 0.6 is 0 Å². The number of halogens is 3. The molecule has 0 radical (unpaired) electrons. The Bertz CT molecular complexity index is 1160. The Morgan fingerprint density at radius 1 is 1.06 bits per heavy atom. The van der Waals surface area contributed by atoms with E-state index < -0.39 is 12.1 Å². The first-order chi connectivity index (χ1) is 16.2. The first-order valence-corrected chi connectivity index (χ1v) is 11.1. The number of carbonyl (C=O) groups is 2. The average Bonchev–Trinajstić information content (AvgIpc) is 3.52. The van der Waals surface area contributed by atoms with E-state index in [4.69, 9.17) is 9.90 Å². The van der Waals surface area contributed by atoms with Crippen molar-refractivity contribution in [3.63, 3.8) is 0 Å². The topological polar surface area (TPSA) is 94.5 Å². The van der Waals surface area contributed by atoms with E-state index in [9.17, 15) is 18.0 Å². The van der Waals surface area contributed by atoms with Crippen LogP contribution in [0.4, 0.5) is 13.2 Å². The lowest BCUT2D eigenvalue weighted by molar-refractivity contribution is -0.192. The predicted molar refractivity (Wildman–Crippen MR) is 118 cm³/mol. The molecule has 1 aromatic carbocycles. The summed E-state index contributed by atoms with van der Waals surface area (Å²) in [6.07, 6.45) is 2.31. The van der Waals surface area contributed by atoms with Crippen LogP contribution < -0.4 is 0 Å². The Balaban J connectivity index is 0.000000344. The van der Waals surface area contributed by atoms with Gasteiger partial charge in [-0.1, -0.05) is 0 Å². The number of carboxylic acid groups (broad SMARTS) is 1. The van der Waals surface area contributed by atoms with Crippen molar-refractivity contribution in [2.75, 3.05) is 19.6 Å². The normalized spacial score (nSPS) is 16.6. The third-order valence-electron chi connectivity index (χ3n) is 6.10. The van der Waals surface area contributed by atoms with Crippen molar-refractivity contribution >= 4 is 22.8 Å². The van der Waals surface area contributed by atoms with Gasteiger partial charge < -0.3 is 19.6 Å². The van der Waals surface area contributed by atoms with Crippen LogP contribution in [0.5, 0.6) is 0 Å². The predicted octanol–water partition coefficient (Wildman–Crippen LogP) is 3.64. The number of H-pyrrole nitrogens is 1. The number of fused-ring (bicyclic) bond motifs is 2. The highest BCUT2D eigenvalue weighted by Crippen LogP contribution is 2.22. The number of imidazole rings is 1. The van der Waals surface area contributed by atoms with Gasteiger partial charge in [-0.15, -0.1) is 0 Å². The number of alkyl halides is 3. The van der Waals surface area contributed by atoms with Gasteiger partial charge in [-0.3, -0.25) is 9.69 Å². The van der Waals surface area contributed by atoms with Gasteiger partial charge in [0.1, 0.15) is 0 Å². The molecule has 4 heterocycles. The number of aliphatic carboxylic acids is 1. The highest BCUT2D eigenvalue weighted by Gasteiger charge is 2.38. The maximum absolute atomic E-state index is 13.2. The second-order valence-corrected chi connectivity index (χ2v) is 8.48. The van der Waals surface area contributed by atoms with Crippen molar-refractivity contribution < 1.29 is 27.9 Å². The molecule has 0 saturated carbocycles. The minimum absolute atomic E-state index is 0.111. The third-order valence-corrected chi connectivity index (χ3v) is 6.10. The number of rotatable bonds is 3. The minimum atomic E-state index is -5.08. The lowest BCUT2D eigenvalue weighted by atomic mass is 10.1. The number of carbonyl (C=O) groups excluding carboxylic acids is 1. The Hall–Kier alpha value is -3.34. The molecule has 0 aliphatic carbocycles. The summed E-state index contributed by atoms with van der Waals surface area (Å²) >= 11 is 0. The van der Waals surface area contributed by atoms with E-state index >= 15 is 0 Å². The number of aromatic amines is 1. The Morgan fingerprint density at radius 2 is 1.79 bits per heavy atom. The summed E-state index contributed by atoms with van der Waals surface area (Å²) in [6.45, 7) is 5.59. The Morgan fingerprint density at radius 3 is 2.50 bits per heavy atom. The maximum Gasteiger partial charge on any atom is 0.490 e. The molecule has 11 heteroatoms. The van der Waals surface area contributed by atoms with E-state index in [0.29, 0.717) is 6.54 Å². The van der Waals surface area contributed by atoms with Crippen LogP contribution in [-0.4, -0.2) is 67.1 Å². The van der Waals surface area contributed by atoms with Gasteiger partial charge in [-0.25, -0.2) is 9.78 Å². The van der Waals surface area contributed by atoms with Gasteiger partial charge in [0, 0.05) is 42.3 Å². The Kier molecular flexibility index (Phi) is 6.92. The molecule has 8 nitrogen and oxygen atoms in total. The summed E-state index contributed by atoms with van der Waals surface area (Å²) in [5.41, 5.74) is 4.16. The van der Waals surface area contributed by atoms with Crippen molar-refractivity contribution in [2.24, 2.45) is 0 Å². The molecule has 0 unspecified atom stereocenters. The van der Waals surface area contributed by atoms with Crippen molar-refractivity contribution in [1.82, 2.24) is 24.3 Å². The molecule has 5 rings (SSSR count). The molecule has 2 aromatic heterocycles. The van der Waals surface area contributed by atoms with E-state index in [0.717, 1.165) is 61.3 Å².